The van der Waals surface area contributed by atoms with Crippen molar-refractivity contribution in [2.24, 2.45) is 5.41 Å². The van der Waals surface area contributed by atoms with E-state index in [1.54, 1.807) is 60.7 Å². The molecule has 4 atom stereocenters. The van der Waals surface area contributed by atoms with E-state index in [-0.39, 0.29) is 12.1 Å². The van der Waals surface area contributed by atoms with Crippen LogP contribution >= 0.6 is 23.2 Å². The minimum absolute atomic E-state index is 0.0570. The SMILES string of the molecule is C[C@@]1(CC(=O)O)C[C@H](c2cccc(Cl)c2)[C@@H](c2ccc(Cl)cc2)N([C@@H](CC(F)(F)F)c2ccccn2)C1=O. The molecule has 0 bridgehead atoms. The molecule has 0 radical (unpaired) electrons. The Labute approximate surface area is 228 Å². The van der Waals surface area contributed by atoms with Gasteiger partial charge >= 0.3 is 12.1 Å². The van der Waals surface area contributed by atoms with Gasteiger partial charge in [0, 0.05) is 22.2 Å². The third-order valence-corrected chi connectivity index (χ3v) is 7.41. The molecule has 3 aromatic rings. The molecule has 1 saturated heterocycles. The Hall–Kier alpha value is -3.10. The molecular weight excluding hydrogens is 540 g/mol. The summed E-state index contributed by atoms with van der Waals surface area (Å²) in [4.78, 5) is 31.4. The zero-order valence-electron chi connectivity index (χ0n) is 20.3. The summed E-state index contributed by atoms with van der Waals surface area (Å²) < 4.78 is 42.1. The third-order valence-electron chi connectivity index (χ3n) is 6.92. The smallest absolute Gasteiger partial charge is 0.391 e. The number of carbonyl (C=O) groups is 2. The Balaban J connectivity index is 1.99. The molecule has 1 aliphatic rings. The molecule has 0 aliphatic carbocycles. The van der Waals surface area contributed by atoms with Crippen molar-refractivity contribution in [2.75, 3.05) is 0 Å². The van der Waals surface area contributed by atoms with Crippen LogP contribution in [0.15, 0.2) is 72.9 Å². The first-order chi connectivity index (χ1) is 17.9. The number of aliphatic carboxylic acids is 1. The summed E-state index contributed by atoms with van der Waals surface area (Å²) in [6, 6.07) is 15.6. The lowest BCUT2D eigenvalue weighted by molar-refractivity contribution is -0.174. The minimum atomic E-state index is -4.64. The molecule has 2 heterocycles. The molecule has 38 heavy (non-hydrogen) atoms. The highest BCUT2D eigenvalue weighted by molar-refractivity contribution is 6.30. The molecule has 1 N–H and O–H groups in total. The maximum Gasteiger partial charge on any atom is 0.391 e. The van der Waals surface area contributed by atoms with E-state index in [1.165, 1.54) is 24.1 Å². The number of likely N-dealkylation sites (tertiary alicyclic amines) is 1. The quantitative estimate of drug-likeness (QED) is 0.320. The highest BCUT2D eigenvalue weighted by Crippen LogP contribution is 2.54. The summed E-state index contributed by atoms with van der Waals surface area (Å²) >= 11 is 12.4. The molecule has 4 rings (SSSR count). The number of carbonyl (C=O) groups excluding carboxylic acids is 1. The molecule has 200 valence electrons. The molecule has 0 saturated carbocycles. The number of nitrogens with zero attached hydrogens (tertiary/aromatic N) is 2. The predicted octanol–water partition coefficient (Wildman–Crippen LogP) is 7.62. The van der Waals surface area contributed by atoms with Crippen molar-refractivity contribution >= 4 is 35.1 Å². The van der Waals surface area contributed by atoms with Gasteiger partial charge in [0.2, 0.25) is 5.91 Å². The van der Waals surface area contributed by atoms with Crippen molar-refractivity contribution in [2.45, 2.75) is 50.4 Å². The second-order valence-corrected chi connectivity index (χ2v) is 10.7. The van der Waals surface area contributed by atoms with Crippen LogP contribution in [0.25, 0.3) is 0 Å². The molecule has 2 aromatic carbocycles. The summed E-state index contributed by atoms with van der Waals surface area (Å²) in [5.74, 6) is -2.48. The summed E-state index contributed by atoms with van der Waals surface area (Å²) in [7, 11) is 0. The zero-order chi connectivity index (χ0) is 27.7. The number of hydrogen-bond acceptors (Lipinski definition) is 3. The maximum absolute atomic E-state index is 14.2. The normalized spacial score (nSPS) is 22.8. The molecule has 10 heteroatoms. The number of halogens is 5. The molecule has 5 nitrogen and oxygen atoms in total. The van der Waals surface area contributed by atoms with Crippen LogP contribution < -0.4 is 0 Å². The maximum atomic E-state index is 14.2. The lowest BCUT2D eigenvalue weighted by atomic mass is 9.67. The minimum Gasteiger partial charge on any atom is -0.481 e. The first kappa shape index (κ1) is 27.9. The van der Waals surface area contributed by atoms with Crippen LogP contribution in [0.5, 0.6) is 0 Å². The fourth-order valence-corrected chi connectivity index (χ4v) is 5.69. The highest BCUT2D eigenvalue weighted by atomic mass is 35.5. The fraction of sp³-hybridized carbons (Fsp3) is 0.321. The summed E-state index contributed by atoms with van der Waals surface area (Å²) in [6.07, 6.45) is -5.09. The lowest BCUT2D eigenvalue weighted by Gasteiger charge is -2.51. The Bertz CT molecular complexity index is 1300. The number of pyridine rings is 1. The Morgan fingerprint density at radius 2 is 1.79 bits per heavy atom. The first-order valence-corrected chi connectivity index (χ1v) is 12.7. The van der Waals surface area contributed by atoms with Gasteiger partial charge in [-0.2, -0.15) is 13.2 Å². The Morgan fingerprint density at radius 1 is 1.08 bits per heavy atom. The second kappa shape index (κ2) is 10.9. The number of alkyl halides is 3. The van der Waals surface area contributed by atoms with E-state index >= 15 is 0 Å². The number of benzene rings is 2. The average Bonchev–Trinajstić information content (AvgIpc) is 2.84. The number of hydrogen-bond donors (Lipinski definition) is 1. The van der Waals surface area contributed by atoms with Crippen molar-refractivity contribution in [1.29, 1.82) is 0 Å². The van der Waals surface area contributed by atoms with Crippen LogP contribution in [-0.4, -0.2) is 33.0 Å². The largest absolute Gasteiger partial charge is 0.481 e. The van der Waals surface area contributed by atoms with E-state index < -0.39 is 54.3 Å². The van der Waals surface area contributed by atoms with Gasteiger partial charge in [0.15, 0.2) is 0 Å². The molecule has 0 unspecified atom stereocenters. The first-order valence-electron chi connectivity index (χ1n) is 11.9. The molecule has 1 amide bonds. The van der Waals surface area contributed by atoms with Crippen LogP contribution in [0.1, 0.15) is 61.0 Å². The van der Waals surface area contributed by atoms with Gasteiger partial charge in [-0.15, -0.1) is 0 Å². The number of amides is 1. The van der Waals surface area contributed by atoms with Gasteiger partial charge in [-0.25, -0.2) is 0 Å². The van der Waals surface area contributed by atoms with E-state index in [2.05, 4.69) is 4.98 Å². The van der Waals surface area contributed by atoms with Gasteiger partial charge < -0.3 is 10.0 Å². The third kappa shape index (κ3) is 6.13. The number of aromatic nitrogens is 1. The van der Waals surface area contributed by atoms with E-state index in [1.807, 2.05) is 0 Å². The molecule has 1 aromatic heterocycles. The summed E-state index contributed by atoms with van der Waals surface area (Å²) in [6.45, 7) is 1.50. The van der Waals surface area contributed by atoms with Crippen molar-refractivity contribution in [3.63, 3.8) is 0 Å². The van der Waals surface area contributed by atoms with Crippen molar-refractivity contribution in [3.8, 4) is 0 Å². The molecule has 1 fully saturated rings. The van der Waals surface area contributed by atoms with E-state index in [0.29, 0.717) is 21.2 Å². The molecular formula is C28H25Cl2F3N2O3. The van der Waals surface area contributed by atoms with Crippen molar-refractivity contribution in [3.05, 3.63) is 99.8 Å². The Kier molecular flexibility index (Phi) is 8.04. The zero-order valence-corrected chi connectivity index (χ0v) is 21.8. The van der Waals surface area contributed by atoms with Gasteiger partial charge in [0.05, 0.1) is 36.0 Å². The number of carboxylic acid groups (broad SMARTS) is 1. The van der Waals surface area contributed by atoms with Gasteiger partial charge in [0.1, 0.15) is 0 Å². The average molecular weight is 565 g/mol. The highest BCUT2D eigenvalue weighted by Gasteiger charge is 2.54. The summed E-state index contributed by atoms with van der Waals surface area (Å²) in [5.41, 5.74) is -0.187. The van der Waals surface area contributed by atoms with Crippen LogP contribution in [0.4, 0.5) is 13.2 Å². The number of piperidine rings is 1. The number of rotatable bonds is 7. The van der Waals surface area contributed by atoms with Gasteiger partial charge in [-0.3, -0.25) is 14.6 Å². The molecule has 1 aliphatic heterocycles. The topological polar surface area (TPSA) is 70.5 Å². The van der Waals surface area contributed by atoms with E-state index in [9.17, 15) is 27.9 Å². The van der Waals surface area contributed by atoms with Gasteiger partial charge in [-0.1, -0.05) is 60.5 Å². The standard InChI is InChI=1S/C28H25Cl2F3N2O3/c1-27(16-24(36)37)14-21(18-5-4-6-20(30)13-18)25(17-8-10-19(29)11-9-17)35(26(27)38)23(15-28(31,32)33)22-7-2-3-12-34-22/h2-13,21,23,25H,14-16H2,1H3,(H,36,37)/t21-,23+,25-,27+/m1/s1. The van der Waals surface area contributed by atoms with Gasteiger partial charge in [-0.05, 0) is 53.9 Å². The Morgan fingerprint density at radius 3 is 2.37 bits per heavy atom. The van der Waals surface area contributed by atoms with E-state index in [0.717, 1.165) is 0 Å². The number of carboxylic acids is 1. The van der Waals surface area contributed by atoms with Crippen LogP contribution in [0.2, 0.25) is 10.0 Å². The summed E-state index contributed by atoms with van der Waals surface area (Å²) in [5, 5.41) is 10.5. The van der Waals surface area contributed by atoms with E-state index in [4.69, 9.17) is 23.2 Å². The van der Waals surface area contributed by atoms with Crippen molar-refractivity contribution in [1.82, 2.24) is 9.88 Å². The molecule has 0 spiro atoms. The van der Waals surface area contributed by atoms with Crippen LogP contribution in [0.3, 0.4) is 0 Å². The van der Waals surface area contributed by atoms with Crippen LogP contribution in [-0.2, 0) is 9.59 Å². The van der Waals surface area contributed by atoms with Crippen LogP contribution in [0, 0.1) is 5.41 Å². The lowest BCUT2D eigenvalue weighted by Crippen LogP contribution is -2.54. The predicted molar refractivity (Wildman–Crippen MR) is 138 cm³/mol. The monoisotopic (exact) mass is 564 g/mol. The fourth-order valence-electron chi connectivity index (χ4n) is 5.36. The van der Waals surface area contributed by atoms with Crippen molar-refractivity contribution < 1.29 is 27.9 Å². The van der Waals surface area contributed by atoms with Gasteiger partial charge in [0.25, 0.3) is 0 Å². The second-order valence-electron chi connectivity index (χ2n) is 9.80.